The van der Waals surface area contributed by atoms with Crippen LogP contribution in [0.2, 0.25) is 0 Å². The smallest absolute Gasteiger partial charge is 0.449 e. The van der Waals surface area contributed by atoms with Gasteiger partial charge in [-0.15, -0.1) is 0 Å². The van der Waals surface area contributed by atoms with Gasteiger partial charge in [-0.25, -0.2) is 4.79 Å². The van der Waals surface area contributed by atoms with Crippen molar-refractivity contribution in [3.05, 3.63) is 29.3 Å². The summed E-state index contributed by atoms with van der Waals surface area (Å²) in [5.74, 6) is 0.367. The van der Waals surface area contributed by atoms with Gasteiger partial charge in [0.25, 0.3) is 0 Å². The van der Waals surface area contributed by atoms with Crippen LogP contribution in [-0.4, -0.2) is 37.7 Å². The Balaban J connectivity index is 2.46. The van der Waals surface area contributed by atoms with Crippen molar-refractivity contribution in [2.75, 3.05) is 26.4 Å². The molecule has 19 heavy (non-hydrogen) atoms. The molecule has 106 valence electrons. The summed E-state index contributed by atoms with van der Waals surface area (Å²) >= 11 is 0. The minimum Gasteiger partial charge on any atom is -0.449 e. The van der Waals surface area contributed by atoms with E-state index in [4.69, 9.17) is 19.3 Å². The molecule has 0 saturated carbocycles. The van der Waals surface area contributed by atoms with Crippen molar-refractivity contribution in [2.45, 2.75) is 20.3 Å². The molecule has 0 atom stereocenters. The maximum absolute atomic E-state index is 10.6. The van der Waals surface area contributed by atoms with E-state index >= 15 is 0 Å². The molecule has 0 aliphatic rings. The van der Waals surface area contributed by atoms with Crippen LogP contribution >= 0.6 is 0 Å². The van der Waals surface area contributed by atoms with Gasteiger partial charge in [0.1, 0.15) is 5.75 Å². The second-order valence-electron chi connectivity index (χ2n) is 4.04. The largest absolute Gasteiger partial charge is 0.511 e. The Kier molecular flexibility index (Phi) is 6.92. The van der Waals surface area contributed by atoms with Gasteiger partial charge < -0.3 is 19.3 Å². The first-order chi connectivity index (χ1) is 9.13. The van der Waals surface area contributed by atoms with Gasteiger partial charge in [0, 0.05) is 6.61 Å². The molecule has 0 radical (unpaired) electrons. The molecular formula is C14H20O5. The van der Waals surface area contributed by atoms with Crippen molar-refractivity contribution >= 4 is 6.16 Å². The molecule has 0 bridgehead atoms. The zero-order chi connectivity index (χ0) is 14.1. The minimum atomic E-state index is -1.30. The highest BCUT2D eigenvalue weighted by molar-refractivity contribution is 5.62. The van der Waals surface area contributed by atoms with Crippen LogP contribution in [0.25, 0.3) is 0 Å². The SMILES string of the molecule is CCOCCOCCc1cc(C)ccc1OC(=O)O. The van der Waals surface area contributed by atoms with Crippen LogP contribution in [0.3, 0.4) is 0 Å². The fourth-order valence-electron chi connectivity index (χ4n) is 1.64. The molecule has 0 aliphatic carbocycles. The van der Waals surface area contributed by atoms with Crippen molar-refractivity contribution < 1.29 is 24.1 Å². The molecule has 1 aromatic rings. The zero-order valence-corrected chi connectivity index (χ0v) is 11.3. The molecule has 0 aromatic heterocycles. The van der Waals surface area contributed by atoms with Gasteiger partial charge in [-0.2, -0.15) is 0 Å². The molecule has 5 nitrogen and oxygen atoms in total. The highest BCUT2D eigenvalue weighted by Crippen LogP contribution is 2.20. The fraction of sp³-hybridized carbons (Fsp3) is 0.500. The van der Waals surface area contributed by atoms with Crippen LogP contribution in [-0.2, 0) is 15.9 Å². The molecule has 0 unspecified atom stereocenters. The van der Waals surface area contributed by atoms with Gasteiger partial charge in [0.05, 0.1) is 19.8 Å². The van der Waals surface area contributed by atoms with E-state index in [1.165, 1.54) is 0 Å². The molecule has 1 N–H and O–H groups in total. The minimum absolute atomic E-state index is 0.367. The second-order valence-corrected chi connectivity index (χ2v) is 4.04. The number of hydrogen-bond donors (Lipinski definition) is 1. The van der Waals surface area contributed by atoms with Gasteiger partial charge >= 0.3 is 6.16 Å². The normalized spacial score (nSPS) is 10.4. The van der Waals surface area contributed by atoms with Crippen LogP contribution in [0, 0.1) is 6.92 Å². The molecule has 0 aliphatic heterocycles. The first-order valence-electron chi connectivity index (χ1n) is 6.29. The Morgan fingerprint density at radius 3 is 2.63 bits per heavy atom. The van der Waals surface area contributed by atoms with Crippen molar-refractivity contribution in [3.63, 3.8) is 0 Å². The average Bonchev–Trinajstić information content (AvgIpc) is 2.36. The number of benzene rings is 1. The summed E-state index contributed by atoms with van der Waals surface area (Å²) in [5.41, 5.74) is 1.89. The molecule has 0 saturated heterocycles. The summed E-state index contributed by atoms with van der Waals surface area (Å²) in [6, 6.07) is 5.39. The Morgan fingerprint density at radius 1 is 1.21 bits per heavy atom. The van der Waals surface area contributed by atoms with Crippen LogP contribution in [0.15, 0.2) is 18.2 Å². The van der Waals surface area contributed by atoms with Crippen LogP contribution in [0.5, 0.6) is 5.75 Å². The van der Waals surface area contributed by atoms with E-state index in [1.54, 1.807) is 6.07 Å². The Bertz CT molecular complexity index is 403. The lowest BCUT2D eigenvalue weighted by molar-refractivity contribution is 0.0539. The van der Waals surface area contributed by atoms with E-state index in [1.807, 2.05) is 26.0 Å². The average molecular weight is 268 g/mol. The third kappa shape index (κ3) is 6.22. The number of aryl methyl sites for hydroxylation is 1. The van der Waals surface area contributed by atoms with Gasteiger partial charge in [0.2, 0.25) is 0 Å². The Hall–Kier alpha value is -1.59. The van der Waals surface area contributed by atoms with Gasteiger partial charge in [-0.3, -0.25) is 0 Å². The number of carboxylic acid groups (broad SMARTS) is 1. The first-order valence-corrected chi connectivity index (χ1v) is 6.29. The fourth-order valence-corrected chi connectivity index (χ4v) is 1.64. The maximum Gasteiger partial charge on any atom is 0.511 e. The summed E-state index contributed by atoms with van der Waals surface area (Å²) in [4.78, 5) is 10.6. The maximum atomic E-state index is 10.6. The van der Waals surface area contributed by atoms with E-state index in [2.05, 4.69) is 0 Å². The van der Waals surface area contributed by atoms with E-state index in [0.717, 1.165) is 11.1 Å². The van der Waals surface area contributed by atoms with Crippen LogP contribution in [0.4, 0.5) is 4.79 Å². The van der Waals surface area contributed by atoms with Gasteiger partial charge in [-0.05, 0) is 31.9 Å². The summed E-state index contributed by atoms with van der Waals surface area (Å²) in [6.45, 7) is 6.17. The highest BCUT2D eigenvalue weighted by atomic mass is 16.7. The number of ether oxygens (including phenoxy) is 3. The molecule has 5 heteroatoms. The lowest BCUT2D eigenvalue weighted by Gasteiger charge is -2.09. The standard InChI is InChI=1S/C14H20O5/c1-3-17-8-9-18-7-6-12-10-11(2)4-5-13(12)19-14(15)16/h4-5,10H,3,6-9H2,1-2H3,(H,15,16). The van der Waals surface area contributed by atoms with Crippen LogP contribution < -0.4 is 4.74 Å². The quantitative estimate of drug-likeness (QED) is 0.446. The Labute approximate surface area is 113 Å². The molecule has 1 rings (SSSR count). The third-order valence-corrected chi connectivity index (χ3v) is 2.51. The molecule has 0 spiro atoms. The molecule has 1 aromatic carbocycles. The number of carbonyl (C=O) groups is 1. The van der Waals surface area contributed by atoms with Crippen LogP contribution in [0.1, 0.15) is 18.1 Å². The first kappa shape index (κ1) is 15.5. The van der Waals surface area contributed by atoms with E-state index < -0.39 is 6.16 Å². The summed E-state index contributed by atoms with van der Waals surface area (Å²) < 4.78 is 15.3. The van der Waals surface area contributed by atoms with E-state index in [9.17, 15) is 4.79 Å². The monoisotopic (exact) mass is 268 g/mol. The summed E-state index contributed by atoms with van der Waals surface area (Å²) in [6.07, 6.45) is -0.696. The second kappa shape index (κ2) is 8.50. The predicted molar refractivity (Wildman–Crippen MR) is 70.8 cm³/mol. The molecule has 0 heterocycles. The Morgan fingerprint density at radius 2 is 1.95 bits per heavy atom. The van der Waals surface area contributed by atoms with E-state index in [0.29, 0.717) is 38.6 Å². The topological polar surface area (TPSA) is 65.0 Å². The van der Waals surface area contributed by atoms with Crippen molar-refractivity contribution in [1.82, 2.24) is 0 Å². The number of rotatable bonds is 8. The van der Waals surface area contributed by atoms with Gasteiger partial charge in [0.15, 0.2) is 0 Å². The molecular weight excluding hydrogens is 248 g/mol. The van der Waals surface area contributed by atoms with Gasteiger partial charge in [-0.1, -0.05) is 17.7 Å². The summed E-state index contributed by atoms with van der Waals surface area (Å²) in [7, 11) is 0. The van der Waals surface area contributed by atoms with E-state index in [-0.39, 0.29) is 0 Å². The molecule has 0 amide bonds. The van der Waals surface area contributed by atoms with Crippen molar-refractivity contribution in [2.24, 2.45) is 0 Å². The predicted octanol–water partition coefficient (Wildman–Crippen LogP) is 2.65. The zero-order valence-electron chi connectivity index (χ0n) is 11.3. The van der Waals surface area contributed by atoms with Crippen molar-refractivity contribution in [1.29, 1.82) is 0 Å². The number of hydrogen-bond acceptors (Lipinski definition) is 4. The summed E-state index contributed by atoms with van der Waals surface area (Å²) in [5, 5.41) is 8.66. The van der Waals surface area contributed by atoms with Crippen molar-refractivity contribution in [3.8, 4) is 5.75 Å². The molecule has 0 fully saturated rings. The lowest BCUT2D eigenvalue weighted by Crippen LogP contribution is -2.09. The lowest BCUT2D eigenvalue weighted by atomic mass is 10.1. The highest BCUT2D eigenvalue weighted by Gasteiger charge is 2.08. The third-order valence-electron chi connectivity index (χ3n) is 2.51.